The molecule has 0 radical (unpaired) electrons. The Morgan fingerprint density at radius 1 is 1.47 bits per heavy atom. The van der Waals surface area contributed by atoms with Crippen molar-refractivity contribution in [2.75, 3.05) is 0 Å². The average Bonchev–Trinajstić information content (AvgIpc) is 2.23. The van der Waals surface area contributed by atoms with E-state index in [-0.39, 0.29) is 16.9 Å². The van der Waals surface area contributed by atoms with Gasteiger partial charge in [-0.1, -0.05) is 24.6 Å². The third-order valence-electron chi connectivity index (χ3n) is 2.46. The largest absolute Gasteiger partial charge is 0.393 e. The molecule has 0 saturated heterocycles. The van der Waals surface area contributed by atoms with Crippen LogP contribution in [-0.2, 0) is 6.42 Å². The minimum atomic E-state index is -0.370. The summed E-state index contributed by atoms with van der Waals surface area (Å²) in [4.78, 5) is 0. The van der Waals surface area contributed by atoms with Crippen molar-refractivity contribution in [2.45, 2.75) is 38.7 Å². The number of benzene rings is 1. The van der Waals surface area contributed by atoms with Crippen LogP contribution in [0.1, 0.15) is 31.7 Å². The summed E-state index contributed by atoms with van der Waals surface area (Å²) in [5, 5.41) is 9.50. The van der Waals surface area contributed by atoms with Gasteiger partial charge in [0, 0.05) is 0 Å². The molecule has 0 saturated carbocycles. The summed E-state index contributed by atoms with van der Waals surface area (Å²) in [5.74, 6) is -0.370. The van der Waals surface area contributed by atoms with E-state index in [4.69, 9.17) is 11.6 Å². The highest BCUT2D eigenvalue weighted by atomic mass is 35.5. The molecule has 0 fully saturated rings. The van der Waals surface area contributed by atoms with Crippen LogP contribution in [0.2, 0.25) is 5.02 Å². The smallest absolute Gasteiger partial charge is 0.142 e. The Morgan fingerprint density at radius 2 is 2.20 bits per heavy atom. The molecule has 1 N–H and O–H groups in total. The highest BCUT2D eigenvalue weighted by Crippen LogP contribution is 2.17. The van der Waals surface area contributed by atoms with Crippen molar-refractivity contribution in [1.29, 1.82) is 0 Å². The average molecular weight is 231 g/mol. The third-order valence-corrected chi connectivity index (χ3v) is 2.76. The predicted octanol–water partition coefficient (Wildman–Crippen LogP) is 3.57. The molecule has 84 valence electrons. The molecule has 0 aliphatic heterocycles. The molecular weight excluding hydrogens is 215 g/mol. The number of aryl methyl sites for hydroxylation is 1. The fourth-order valence-corrected chi connectivity index (χ4v) is 1.56. The van der Waals surface area contributed by atoms with E-state index in [2.05, 4.69) is 0 Å². The SMILES string of the molecule is CCC(O)CCCc1ccc(Cl)c(F)c1. The van der Waals surface area contributed by atoms with E-state index in [9.17, 15) is 9.50 Å². The molecule has 1 aromatic carbocycles. The molecule has 15 heavy (non-hydrogen) atoms. The topological polar surface area (TPSA) is 20.2 Å². The number of rotatable bonds is 5. The Kier molecular flexibility index (Phi) is 5.06. The van der Waals surface area contributed by atoms with Crippen molar-refractivity contribution in [3.8, 4) is 0 Å². The van der Waals surface area contributed by atoms with Gasteiger partial charge in [0.2, 0.25) is 0 Å². The van der Waals surface area contributed by atoms with Crippen LogP contribution >= 0.6 is 11.6 Å². The number of aliphatic hydroxyl groups excluding tert-OH is 1. The van der Waals surface area contributed by atoms with Crippen LogP contribution in [0.3, 0.4) is 0 Å². The highest BCUT2D eigenvalue weighted by Gasteiger charge is 2.03. The summed E-state index contributed by atoms with van der Waals surface area (Å²) >= 11 is 5.57. The first kappa shape index (κ1) is 12.5. The minimum absolute atomic E-state index is 0.160. The Morgan fingerprint density at radius 3 is 2.80 bits per heavy atom. The van der Waals surface area contributed by atoms with Gasteiger partial charge >= 0.3 is 0 Å². The van der Waals surface area contributed by atoms with Crippen LogP contribution < -0.4 is 0 Å². The first-order valence-electron chi connectivity index (χ1n) is 5.25. The molecule has 0 amide bonds. The molecule has 3 heteroatoms. The van der Waals surface area contributed by atoms with Crippen LogP contribution in [0, 0.1) is 5.82 Å². The zero-order valence-electron chi connectivity index (χ0n) is 8.84. The van der Waals surface area contributed by atoms with Crippen LogP contribution in [0.4, 0.5) is 4.39 Å². The third kappa shape index (κ3) is 4.18. The van der Waals surface area contributed by atoms with E-state index in [1.165, 1.54) is 6.07 Å². The van der Waals surface area contributed by atoms with E-state index in [0.29, 0.717) is 0 Å². The monoisotopic (exact) mass is 230 g/mol. The molecule has 1 atom stereocenters. The molecule has 0 aromatic heterocycles. The lowest BCUT2D eigenvalue weighted by Gasteiger charge is -2.07. The zero-order valence-corrected chi connectivity index (χ0v) is 9.60. The van der Waals surface area contributed by atoms with Gasteiger partial charge in [-0.15, -0.1) is 0 Å². The van der Waals surface area contributed by atoms with Crippen molar-refractivity contribution in [3.63, 3.8) is 0 Å². The van der Waals surface area contributed by atoms with E-state index in [1.54, 1.807) is 6.07 Å². The lowest BCUT2D eigenvalue weighted by atomic mass is 10.0. The Balaban J connectivity index is 2.41. The standard InChI is InChI=1S/C12H16ClFO/c1-2-10(15)5-3-4-9-6-7-11(13)12(14)8-9/h6-8,10,15H,2-5H2,1H3. The maximum atomic E-state index is 13.0. The van der Waals surface area contributed by atoms with Crippen molar-refractivity contribution in [2.24, 2.45) is 0 Å². The van der Waals surface area contributed by atoms with Crippen molar-refractivity contribution < 1.29 is 9.50 Å². The molecule has 1 nitrogen and oxygen atoms in total. The summed E-state index contributed by atoms with van der Waals surface area (Å²) in [6, 6.07) is 4.85. The summed E-state index contributed by atoms with van der Waals surface area (Å²) in [6.07, 6.45) is 2.96. The second-order valence-electron chi connectivity index (χ2n) is 3.70. The lowest BCUT2D eigenvalue weighted by Crippen LogP contribution is -2.04. The summed E-state index contributed by atoms with van der Waals surface area (Å²) in [7, 11) is 0. The van der Waals surface area contributed by atoms with E-state index < -0.39 is 0 Å². The Hall–Kier alpha value is -0.600. The number of hydrogen-bond acceptors (Lipinski definition) is 1. The second-order valence-corrected chi connectivity index (χ2v) is 4.11. The Bertz CT molecular complexity index is 314. The molecule has 0 aliphatic carbocycles. The van der Waals surface area contributed by atoms with Crippen LogP contribution in [0.5, 0.6) is 0 Å². The van der Waals surface area contributed by atoms with Gasteiger partial charge in [0.05, 0.1) is 11.1 Å². The molecule has 1 unspecified atom stereocenters. The summed E-state index contributed by atoms with van der Waals surface area (Å²) < 4.78 is 13.0. The van der Waals surface area contributed by atoms with Gasteiger partial charge in [0.1, 0.15) is 5.82 Å². The molecule has 1 aromatic rings. The quantitative estimate of drug-likeness (QED) is 0.820. The van der Waals surface area contributed by atoms with E-state index >= 15 is 0 Å². The van der Waals surface area contributed by atoms with Crippen LogP contribution in [0.15, 0.2) is 18.2 Å². The zero-order chi connectivity index (χ0) is 11.3. The molecular formula is C12H16ClFO. The summed E-state index contributed by atoms with van der Waals surface area (Å²) in [6.45, 7) is 1.95. The second kappa shape index (κ2) is 6.09. The van der Waals surface area contributed by atoms with Crippen LogP contribution in [0.25, 0.3) is 0 Å². The fraction of sp³-hybridized carbons (Fsp3) is 0.500. The first-order valence-corrected chi connectivity index (χ1v) is 5.63. The maximum absolute atomic E-state index is 13.0. The molecule has 0 spiro atoms. The van der Waals surface area contributed by atoms with Gasteiger partial charge in [-0.25, -0.2) is 4.39 Å². The van der Waals surface area contributed by atoms with E-state index in [1.807, 2.05) is 13.0 Å². The molecule has 0 aliphatic rings. The van der Waals surface area contributed by atoms with Crippen molar-refractivity contribution in [3.05, 3.63) is 34.6 Å². The number of hydrogen-bond donors (Lipinski definition) is 1. The van der Waals surface area contributed by atoms with Crippen molar-refractivity contribution >= 4 is 11.6 Å². The number of halogens is 2. The van der Waals surface area contributed by atoms with E-state index in [0.717, 1.165) is 31.2 Å². The summed E-state index contributed by atoms with van der Waals surface area (Å²) in [5.41, 5.74) is 0.931. The van der Waals surface area contributed by atoms with Gasteiger partial charge in [-0.2, -0.15) is 0 Å². The minimum Gasteiger partial charge on any atom is -0.393 e. The lowest BCUT2D eigenvalue weighted by molar-refractivity contribution is 0.158. The highest BCUT2D eigenvalue weighted by molar-refractivity contribution is 6.30. The fourth-order valence-electron chi connectivity index (χ4n) is 1.44. The van der Waals surface area contributed by atoms with Gasteiger partial charge in [0.15, 0.2) is 0 Å². The van der Waals surface area contributed by atoms with Gasteiger partial charge in [-0.3, -0.25) is 0 Å². The molecule has 0 bridgehead atoms. The van der Waals surface area contributed by atoms with Gasteiger partial charge < -0.3 is 5.11 Å². The maximum Gasteiger partial charge on any atom is 0.142 e. The van der Waals surface area contributed by atoms with Gasteiger partial charge in [-0.05, 0) is 43.4 Å². The first-order chi connectivity index (χ1) is 7.13. The normalized spacial score (nSPS) is 12.8. The van der Waals surface area contributed by atoms with Gasteiger partial charge in [0.25, 0.3) is 0 Å². The van der Waals surface area contributed by atoms with Crippen molar-refractivity contribution in [1.82, 2.24) is 0 Å². The molecule has 1 rings (SSSR count). The predicted molar refractivity (Wildman–Crippen MR) is 60.6 cm³/mol. The number of aliphatic hydroxyl groups is 1. The molecule has 0 heterocycles. The van der Waals surface area contributed by atoms with Crippen LogP contribution in [-0.4, -0.2) is 11.2 Å². The Labute approximate surface area is 94.9 Å².